The van der Waals surface area contributed by atoms with E-state index < -0.39 is 12.3 Å². The number of thiophene rings is 1. The number of hydrogen-bond acceptors (Lipinski definition) is 8. The number of carbonyl (C=O) groups excluding carboxylic acids is 1. The van der Waals surface area contributed by atoms with E-state index in [0.717, 1.165) is 23.5 Å². The van der Waals surface area contributed by atoms with Crippen LogP contribution in [-0.2, 0) is 12.8 Å². The number of aromatic nitrogens is 3. The first-order chi connectivity index (χ1) is 16.8. The van der Waals surface area contributed by atoms with E-state index in [0.29, 0.717) is 59.1 Å². The Bertz CT molecular complexity index is 1250. The first-order valence-corrected chi connectivity index (χ1v) is 12.7. The molecule has 5 rings (SSSR count). The first-order valence-electron chi connectivity index (χ1n) is 11.9. The highest BCUT2D eigenvalue weighted by molar-refractivity contribution is 7.21. The summed E-state index contributed by atoms with van der Waals surface area (Å²) in [5, 5.41) is 7.00. The van der Waals surface area contributed by atoms with Crippen molar-refractivity contribution in [2.45, 2.75) is 51.6 Å². The van der Waals surface area contributed by atoms with Crippen molar-refractivity contribution >= 4 is 39.0 Å². The van der Waals surface area contributed by atoms with Crippen LogP contribution >= 0.6 is 11.3 Å². The number of anilines is 2. The Morgan fingerprint density at radius 2 is 2.14 bits per heavy atom. The summed E-state index contributed by atoms with van der Waals surface area (Å²) in [6.07, 6.45) is 1.42. The molecule has 1 fully saturated rings. The molecule has 3 atom stereocenters. The van der Waals surface area contributed by atoms with E-state index >= 15 is 0 Å². The minimum absolute atomic E-state index is 0.0341. The van der Waals surface area contributed by atoms with Crippen molar-refractivity contribution < 1.29 is 13.6 Å². The molecule has 3 unspecified atom stereocenters. The van der Waals surface area contributed by atoms with Gasteiger partial charge in [-0.05, 0) is 44.4 Å². The fraction of sp³-hybridized carbons (Fsp3) is 0.500. The molecule has 8 nitrogen and oxygen atoms in total. The van der Waals surface area contributed by atoms with Crippen LogP contribution in [0.15, 0.2) is 18.3 Å². The summed E-state index contributed by atoms with van der Waals surface area (Å²) in [4.78, 5) is 29.5. The topological polar surface area (TPSA) is 109 Å². The van der Waals surface area contributed by atoms with Gasteiger partial charge in [-0.3, -0.25) is 4.79 Å². The molecule has 0 radical (unpaired) electrons. The van der Waals surface area contributed by atoms with Crippen LogP contribution < -0.4 is 21.3 Å². The van der Waals surface area contributed by atoms with Crippen LogP contribution in [0.1, 0.15) is 40.1 Å². The maximum atomic E-state index is 13.5. The minimum atomic E-state index is -2.36. The third kappa shape index (κ3) is 4.66. The Hall–Kier alpha value is -2.92. The summed E-state index contributed by atoms with van der Waals surface area (Å²) >= 11 is 1.28. The number of amides is 1. The SMILES string of the molecule is CCNC1CN(c2ccc3c(n2)CCC(NC(=O)c2sc4nc(C)ncc4c2N)C3)CC1C(F)F. The van der Waals surface area contributed by atoms with Crippen molar-refractivity contribution in [1.29, 1.82) is 0 Å². The number of nitrogen functional groups attached to an aromatic ring is 1. The number of carbonyl (C=O) groups is 1. The molecule has 0 saturated carbocycles. The molecule has 3 aromatic rings. The predicted octanol–water partition coefficient (Wildman–Crippen LogP) is 2.94. The largest absolute Gasteiger partial charge is 0.397 e. The highest BCUT2D eigenvalue weighted by Gasteiger charge is 2.39. The van der Waals surface area contributed by atoms with Gasteiger partial charge in [0.05, 0.1) is 17.0 Å². The quantitative estimate of drug-likeness (QED) is 0.477. The van der Waals surface area contributed by atoms with Crippen molar-refractivity contribution in [2.24, 2.45) is 5.92 Å². The molecule has 2 aliphatic rings. The van der Waals surface area contributed by atoms with Crippen LogP contribution in [-0.4, -0.2) is 59.0 Å². The lowest BCUT2D eigenvalue weighted by Gasteiger charge is -2.26. The molecular weight excluding hydrogens is 472 g/mol. The molecular formula is C24H29F2N7OS. The second kappa shape index (κ2) is 9.62. The van der Waals surface area contributed by atoms with E-state index in [2.05, 4.69) is 20.6 Å². The average molecular weight is 502 g/mol. The van der Waals surface area contributed by atoms with E-state index in [-0.39, 0.29) is 18.0 Å². The Balaban J connectivity index is 1.26. The van der Waals surface area contributed by atoms with Gasteiger partial charge in [-0.25, -0.2) is 23.7 Å². The Kier molecular flexibility index (Phi) is 6.54. The molecule has 3 aromatic heterocycles. The lowest BCUT2D eigenvalue weighted by molar-refractivity contribution is 0.0743. The van der Waals surface area contributed by atoms with E-state index in [1.165, 1.54) is 11.3 Å². The molecule has 1 amide bonds. The highest BCUT2D eigenvalue weighted by Crippen LogP contribution is 2.33. The lowest BCUT2D eigenvalue weighted by atomic mass is 9.91. The van der Waals surface area contributed by atoms with Crippen LogP contribution in [0.5, 0.6) is 0 Å². The molecule has 0 spiro atoms. The Morgan fingerprint density at radius 1 is 1.31 bits per heavy atom. The van der Waals surface area contributed by atoms with Crippen LogP contribution in [0, 0.1) is 12.8 Å². The average Bonchev–Trinajstić information content (AvgIpc) is 3.40. The first kappa shape index (κ1) is 23.8. The predicted molar refractivity (Wildman–Crippen MR) is 133 cm³/mol. The normalized spacial score (nSPS) is 22.1. The van der Waals surface area contributed by atoms with Crippen LogP contribution in [0.3, 0.4) is 0 Å². The van der Waals surface area contributed by atoms with Gasteiger partial charge in [-0.15, -0.1) is 11.3 Å². The summed E-state index contributed by atoms with van der Waals surface area (Å²) in [6, 6.07) is 3.65. The summed E-state index contributed by atoms with van der Waals surface area (Å²) in [5.74, 6) is 0.471. The zero-order valence-electron chi connectivity index (χ0n) is 19.7. The number of aryl methyl sites for hydroxylation is 2. The Morgan fingerprint density at radius 3 is 2.91 bits per heavy atom. The third-order valence-corrected chi connectivity index (χ3v) is 7.99. The van der Waals surface area contributed by atoms with Gasteiger partial charge in [0.2, 0.25) is 6.43 Å². The van der Waals surface area contributed by atoms with Crippen LogP contribution in [0.4, 0.5) is 20.3 Å². The number of likely N-dealkylation sites (N-methyl/N-ethyl adjacent to an activating group) is 1. The summed E-state index contributed by atoms with van der Waals surface area (Å²) < 4.78 is 27.0. The van der Waals surface area contributed by atoms with Gasteiger partial charge in [-0.1, -0.05) is 13.0 Å². The fourth-order valence-corrected chi connectivity index (χ4v) is 6.07. The molecule has 1 aliphatic carbocycles. The van der Waals surface area contributed by atoms with Crippen molar-refractivity contribution in [3.63, 3.8) is 0 Å². The van der Waals surface area contributed by atoms with Gasteiger partial charge in [0, 0.05) is 37.1 Å². The maximum Gasteiger partial charge on any atom is 0.263 e. The number of nitrogens with two attached hydrogens (primary N) is 1. The number of halogens is 2. The van der Waals surface area contributed by atoms with Gasteiger partial charge in [0.15, 0.2) is 0 Å². The maximum absolute atomic E-state index is 13.5. The van der Waals surface area contributed by atoms with E-state index in [1.807, 2.05) is 24.0 Å². The highest BCUT2D eigenvalue weighted by atomic mass is 32.1. The molecule has 0 aromatic carbocycles. The second-order valence-electron chi connectivity index (χ2n) is 9.24. The molecule has 1 saturated heterocycles. The van der Waals surface area contributed by atoms with E-state index in [4.69, 9.17) is 10.7 Å². The van der Waals surface area contributed by atoms with Crippen molar-refractivity contribution in [3.8, 4) is 0 Å². The second-order valence-corrected chi connectivity index (χ2v) is 10.2. The molecule has 4 heterocycles. The lowest BCUT2D eigenvalue weighted by Crippen LogP contribution is -2.39. The molecule has 11 heteroatoms. The summed E-state index contributed by atoms with van der Waals surface area (Å²) in [5.41, 5.74) is 8.67. The summed E-state index contributed by atoms with van der Waals surface area (Å²) in [6.45, 7) is 5.21. The zero-order valence-corrected chi connectivity index (χ0v) is 20.5. The number of rotatable bonds is 6. The van der Waals surface area contributed by atoms with E-state index in [1.54, 1.807) is 13.1 Å². The number of alkyl halides is 2. The van der Waals surface area contributed by atoms with E-state index in [9.17, 15) is 13.6 Å². The molecule has 0 bridgehead atoms. The fourth-order valence-electron chi connectivity index (χ4n) is 5.05. The number of hydrogen-bond donors (Lipinski definition) is 3. The molecule has 1 aliphatic heterocycles. The van der Waals surface area contributed by atoms with Crippen LogP contribution in [0.2, 0.25) is 0 Å². The zero-order chi connectivity index (χ0) is 24.7. The van der Waals surface area contributed by atoms with Gasteiger partial charge in [-0.2, -0.15) is 0 Å². The van der Waals surface area contributed by atoms with Crippen LogP contribution in [0.25, 0.3) is 10.2 Å². The molecule has 35 heavy (non-hydrogen) atoms. The standard InChI is InChI=1S/C24H29F2N7OS/c1-3-28-18-11-33(10-16(18)22(25)26)19-7-4-13-8-14(5-6-17(13)32-19)31-23(34)21-20(27)15-9-29-12(2)30-24(15)35-21/h4,7,9,14,16,18,22,28H,3,5-6,8,10-11,27H2,1-2H3,(H,31,34). The smallest absolute Gasteiger partial charge is 0.263 e. The molecule has 186 valence electrons. The number of fused-ring (bicyclic) bond motifs is 2. The van der Waals surface area contributed by atoms with Crippen molar-refractivity contribution in [2.75, 3.05) is 30.3 Å². The van der Waals surface area contributed by atoms with Gasteiger partial charge in [0.25, 0.3) is 5.91 Å². The number of nitrogens with one attached hydrogen (secondary N) is 2. The summed E-state index contributed by atoms with van der Waals surface area (Å²) in [7, 11) is 0. The third-order valence-electron chi connectivity index (χ3n) is 6.88. The number of nitrogens with zero attached hydrogens (tertiary/aromatic N) is 4. The van der Waals surface area contributed by atoms with Gasteiger partial charge >= 0.3 is 0 Å². The van der Waals surface area contributed by atoms with Gasteiger partial charge in [0.1, 0.15) is 21.3 Å². The number of pyridine rings is 1. The minimum Gasteiger partial charge on any atom is -0.397 e. The Labute approximate surface area is 206 Å². The van der Waals surface area contributed by atoms with Gasteiger partial charge < -0.3 is 21.3 Å². The molecule has 4 N–H and O–H groups in total. The van der Waals surface area contributed by atoms with Crippen molar-refractivity contribution in [3.05, 3.63) is 40.3 Å². The monoisotopic (exact) mass is 501 g/mol. The van der Waals surface area contributed by atoms with Crippen molar-refractivity contribution in [1.82, 2.24) is 25.6 Å².